The van der Waals surface area contributed by atoms with E-state index in [9.17, 15) is 19.5 Å². The van der Waals surface area contributed by atoms with Gasteiger partial charge in [-0.05, 0) is 48.6 Å². The standard InChI is InChI=1S/C33H38N2O5S/c1-4-21(2)25(20-36)35-28-30(38)34(24-14-13-22-11-6-7-12-23(22)19-24)17-10-16-33(28)26(29(35)37)27-31(39)40-18-9-5-8-15-32(27,3)41-33/h6-8,10-16,19,21,25-28,36H,4-5,9,17-18,20H2,1-3H3/b15-8-/t21-,25-,26-,27+,28?,32-,33-/m0/s1. The molecule has 2 aromatic rings. The van der Waals surface area contributed by atoms with E-state index >= 15 is 0 Å². The van der Waals surface area contributed by atoms with Crippen LogP contribution in [0.3, 0.4) is 0 Å². The Hall–Kier alpha value is -3.10. The molecule has 0 radical (unpaired) electrons. The largest absolute Gasteiger partial charge is 0.465 e. The van der Waals surface area contributed by atoms with Crippen LogP contribution in [-0.2, 0) is 19.1 Å². The number of hydrogen-bond acceptors (Lipinski definition) is 6. The van der Waals surface area contributed by atoms with E-state index in [1.54, 1.807) is 9.80 Å². The van der Waals surface area contributed by atoms with Crippen LogP contribution in [0.15, 0.2) is 66.8 Å². The Kier molecular flexibility index (Phi) is 7.27. The fourth-order valence-corrected chi connectivity index (χ4v) is 9.46. The summed E-state index contributed by atoms with van der Waals surface area (Å²) in [5.41, 5.74) is 0.756. The van der Waals surface area contributed by atoms with Crippen molar-refractivity contribution >= 4 is 46.0 Å². The second-order valence-corrected chi connectivity index (χ2v) is 13.8. The molecular weight excluding hydrogens is 536 g/mol. The smallest absolute Gasteiger partial charge is 0.311 e. The Bertz CT molecular complexity index is 1440. The van der Waals surface area contributed by atoms with Crippen molar-refractivity contribution in [2.75, 3.05) is 24.7 Å². The van der Waals surface area contributed by atoms with Crippen LogP contribution in [0.25, 0.3) is 10.8 Å². The quantitative estimate of drug-likeness (QED) is 0.411. The molecule has 1 N–H and O–H groups in total. The van der Waals surface area contributed by atoms with Gasteiger partial charge in [0.15, 0.2) is 0 Å². The number of cyclic esters (lactones) is 1. The number of amides is 2. The maximum atomic E-state index is 14.8. The highest BCUT2D eigenvalue weighted by Gasteiger charge is 2.74. The van der Waals surface area contributed by atoms with Crippen LogP contribution in [0.1, 0.15) is 40.0 Å². The highest BCUT2D eigenvalue weighted by molar-refractivity contribution is 8.02. The van der Waals surface area contributed by atoms with Gasteiger partial charge in [-0.2, -0.15) is 0 Å². The number of carbonyl (C=O) groups excluding carboxylic acids is 3. The van der Waals surface area contributed by atoms with Gasteiger partial charge >= 0.3 is 5.97 Å². The molecule has 1 unspecified atom stereocenters. The lowest BCUT2D eigenvalue weighted by molar-refractivity contribution is -0.154. The number of rotatable bonds is 5. The van der Waals surface area contributed by atoms with Crippen LogP contribution >= 0.6 is 11.8 Å². The van der Waals surface area contributed by atoms with Crippen molar-refractivity contribution in [1.29, 1.82) is 0 Å². The molecule has 2 amide bonds. The van der Waals surface area contributed by atoms with Crippen molar-refractivity contribution in [3.05, 3.63) is 66.8 Å². The lowest BCUT2D eigenvalue weighted by Crippen LogP contribution is -2.58. The molecular formula is C33H38N2O5S. The number of esters is 1. The Morgan fingerprint density at radius 3 is 2.59 bits per heavy atom. The summed E-state index contributed by atoms with van der Waals surface area (Å²) in [6.07, 6.45) is 10.4. The van der Waals surface area contributed by atoms with Gasteiger partial charge in [-0.15, -0.1) is 11.8 Å². The summed E-state index contributed by atoms with van der Waals surface area (Å²) in [6, 6.07) is 12.6. The van der Waals surface area contributed by atoms with Crippen molar-refractivity contribution in [3.63, 3.8) is 0 Å². The topological polar surface area (TPSA) is 87.2 Å². The van der Waals surface area contributed by atoms with Crippen molar-refractivity contribution in [3.8, 4) is 0 Å². The molecule has 6 rings (SSSR count). The molecule has 4 heterocycles. The van der Waals surface area contributed by atoms with Gasteiger partial charge in [0.1, 0.15) is 6.04 Å². The van der Waals surface area contributed by atoms with Crippen LogP contribution in [0.5, 0.6) is 0 Å². The van der Waals surface area contributed by atoms with Gasteiger partial charge in [0.2, 0.25) is 5.91 Å². The number of allylic oxidation sites excluding steroid dienone is 1. The summed E-state index contributed by atoms with van der Waals surface area (Å²) in [6.45, 7) is 6.41. The van der Waals surface area contributed by atoms with E-state index in [0.717, 1.165) is 35.7 Å². The number of anilines is 1. The third-order valence-corrected chi connectivity index (χ3v) is 11.4. The fraction of sp³-hybridized carbons (Fsp3) is 0.485. The van der Waals surface area contributed by atoms with E-state index < -0.39 is 33.4 Å². The SMILES string of the molecule is CC[C@H](C)[C@H](CO)N1C(=O)[C@@H]2[C@@H]3C(=O)OCCC/C=C\[C@]3(C)S[C@@]23C=CCN(c2ccc4ccccc4c2)C(=O)C13. The van der Waals surface area contributed by atoms with Crippen LogP contribution in [0, 0.1) is 17.8 Å². The third-order valence-electron chi connectivity index (χ3n) is 9.58. The maximum absolute atomic E-state index is 14.8. The molecule has 216 valence electrons. The predicted octanol–water partition coefficient (Wildman–Crippen LogP) is 4.73. The minimum absolute atomic E-state index is 0.0438. The number of thioether (sulfide) groups is 1. The van der Waals surface area contributed by atoms with E-state index in [2.05, 4.69) is 12.2 Å². The van der Waals surface area contributed by atoms with Crippen molar-refractivity contribution in [2.45, 2.75) is 61.6 Å². The van der Waals surface area contributed by atoms with E-state index in [4.69, 9.17) is 4.74 Å². The summed E-state index contributed by atoms with van der Waals surface area (Å²) in [4.78, 5) is 46.5. The zero-order valence-electron chi connectivity index (χ0n) is 23.9. The van der Waals surface area contributed by atoms with Gasteiger partial charge < -0.3 is 19.6 Å². The molecule has 7 nitrogen and oxygen atoms in total. The summed E-state index contributed by atoms with van der Waals surface area (Å²) in [5.74, 6) is -2.41. The molecule has 7 atom stereocenters. The highest BCUT2D eigenvalue weighted by atomic mass is 32.2. The molecule has 4 aliphatic heterocycles. The average molecular weight is 575 g/mol. The monoisotopic (exact) mass is 574 g/mol. The Labute approximate surface area is 245 Å². The number of benzene rings is 2. The van der Waals surface area contributed by atoms with E-state index in [1.807, 2.05) is 75.4 Å². The average Bonchev–Trinajstić information content (AvgIpc) is 3.32. The first kappa shape index (κ1) is 28.0. The summed E-state index contributed by atoms with van der Waals surface area (Å²) in [5, 5.41) is 12.7. The van der Waals surface area contributed by atoms with Gasteiger partial charge in [-0.3, -0.25) is 14.4 Å². The number of hydrogen-bond donors (Lipinski definition) is 1. The molecule has 0 aromatic heterocycles. The highest BCUT2D eigenvalue weighted by Crippen LogP contribution is 2.65. The number of carbonyl (C=O) groups is 3. The number of likely N-dealkylation sites (tertiary alicyclic amines) is 1. The van der Waals surface area contributed by atoms with Crippen molar-refractivity contribution in [2.24, 2.45) is 17.8 Å². The number of aliphatic hydroxyl groups is 1. The van der Waals surface area contributed by atoms with Gasteiger partial charge in [-0.25, -0.2) is 0 Å². The van der Waals surface area contributed by atoms with E-state index in [0.29, 0.717) is 13.2 Å². The van der Waals surface area contributed by atoms with Crippen molar-refractivity contribution in [1.82, 2.24) is 4.90 Å². The first-order valence-corrected chi connectivity index (χ1v) is 15.5. The first-order valence-electron chi connectivity index (χ1n) is 14.7. The molecule has 2 saturated heterocycles. The molecule has 0 saturated carbocycles. The van der Waals surface area contributed by atoms with Crippen molar-refractivity contribution < 1.29 is 24.2 Å². The Balaban J connectivity index is 1.51. The second kappa shape index (κ2) is 10.6. The van der Waals surface area contributed by atoms with Crippen LogP contribution in [0.4, 0.5) is 5.69 Å². The fourth-order valence-electron chi connectivity index (χ4n) is 7.32. The Morgan fingerprint density at radius 1 is 1.05 bits per heavy atom. The molecule has 4 aliphatic rings. The molecule has 41 heavy (non-hydrogen) atoms. The molecule has 0 bridgehead atoms. The summed E-state index contributed by atoms with van der Waals surface area (Å²) in [7, 11) is 0. The lowest BCUT2D eigenvalue weighted by Gasteiger charge is -2.41. The Morgan fingerprint density at radius 2 is 1.83 bits per heavy atom. The number of aliphatic hydroxyl groups excluding tert-OH is 1. The molecule has 0 aliphatic carbocycles. The zero-order valence-corrected chi connectivity index (χ0v) is 24.7. The van der Waals surface area contributed by atoms with Gasteiger partial charge in [0.25, 0.3) is 5.91 Å². The molecule has 8 heteroatoms. The van der Waals surface area contributed by atoms with E-state index in [1.165, 1.54) is 11.8 Å². The minimum Gasteiger partial charge on any atom is -0.465 e. The van der Waals surface area contributed by atoms with Gasteiger partial charge in [0, 0.05) is 17.0 Å². The zero-order chi connectivity index (χ0) is 28.9. The summed E-state index contributed by atoms with van der Waals surface area (Å²) < 4.78 is 4.02. The number of nitrogens with zero attached hydrogens (tertiary/aromatic N) is 2. The van der Waals surface area contributed by atoms with E-state index in [-0.39, 0.29) is 30.3 Å². The van der Waals surface area contributed by atoms with Crippen LogP contribution in [0.2, 0.25) is 0 Å². The first-order chi connectivity index (χ1) is 19.8. The second-order valence-electron chi connectivity index (χ2n) is 12.0. The molecule has 2 fully saturated rings. The normalized spacial score (nSPS) is 33.7. The third kappa shape index (κ3) is 4.33. The van der Waals surface area contributed by atoms with Crippen LogP contribution in [-0.4, -0.2) is 69.1 Å². The van der Waals surface area contributed by atoms with Crippen LogP contribution < -0.4 is 4.90 Å². The lowest BCUT2D eigenvalue weighted by atomic mass is 9.74. The summed E-state index contributed by atoms with van der Waals surface area (Å²) >= 11 is 1.54. The maximum Gasteiger partial charge on any atom is 0.311 e. The minimum atomic E-state index is -0.984. The number of ether oxygens (including phenoxy) is 1. The van der Waals surface area contributed by atoms with Gasteiger partial charge in [-0.1, -0.05) is 74.9 Å². The van der Waals surface area contributed by atoms with Gasteiger partial charge in [0.05, 0.1) is 35.8 Å². The number of fused-ring (bicyclic) bond motifs is 3. The predicted molar refractivity (Wildman–Crippen MR) is 161 cm³/mol. The molecule has 2 aromatic carbocycles. The molecule has 1 spiro atoms.